The summed E-state index contributed by atoms with van der Waals surface area (Å²) in [6, 6.07) is 13.0. The Balaban J connectivity index is 2.54. The van der Waals surface area contributed by atoms with E-state index in [1.165, 1.54) is 0 Å². The van der Waals surface area contributed by atoms with Crippen LogP contribution in [0.5, 0.6) is 0 Å². The number of pyridine rings is 1. The smallest absolute Gasteiger partial charge is 0.305 e. The molecule has 0 saturated heterocycles. The molecule has 0 radical (unpaired) electrons. The van der Waals surface area contributed by atoms with Crippen molar-refractivity contribution < 1.29 is 13.6 Å². The minimum atomic E-state index is -3.31. The second-order valence-corrected chi connectivity index (χ2v) is 6.06. The molecule has 0 amide bonds. The monoisotopic (exact) mass is 291 g/mol. The molecule has 1 heterocycles. The SMILES string of the molecule is CCOP(=O)(OCC)c1ccccc1-c1ccccn1. The summed E-state index contributed by atoms with van der Waals surface area (Å²) in [6.07, 6.45) is 1.71. The fraction of sp³-hybridized carbons (Fsp3) is 0.267. The zero-order valence-electron chi connectivity index (χ0n) is 11.7. The molecule has 1 aromatic heterocycles. The van der Waals surface area contributed by atoms with E-state index in [9.17, 15) is 4.57 Å². The Morgan fingerprint density at radius 2 is 1.65 bits per heavy atom. The van der Waals surface area contributed by atoms with Crippen LogP contribution in [0.2, 0.25) is 0 Å². The standard InChI is InChI=1S/C15H18NO3P/c1-3-18-20(17,19-4-2)15-11-6-5-9-13(15)14-10-7-8-12-16-14/h5-12H,3-4H2,1-2H3. The summed E-state index contributed by atoms with van der Waals surface area (Å²) in [7, 11) is -3.31. The minimum absolute atomic E-state index is 0.327. The van der Waals surface area contributed by atoms with E-state index < -0.39 is 7.60 Å². The van der Waals surface area contributed by atoms with Crippen LogP contribution in [0.15, 0.2) is 48.7 Å². The highest BCUT2D eigenvalue weighted by Crippen LogP contribution is 2.48. The Hall–Kier alpha value is -1.48. The second kappa shape index (κ2) is 6.80. The first-order chi connectivity index (χ1) is 9.71. The van der Waals surface area contributed by atoms with Gasteiger partial charge in [0.25, 0.3) is 0 Å². The second-order valence-electron chi connectivity index (χ2n) is 4.07. The largest absolute Gasteiger partial charge is 0.361 e. The first-order valence-corrected chi connectivity index (χ1v) is 8.15. The quantitative estimate of drug-likeness (QED) is 0.762. The molecule has 2 rings (SSSR count). The number of rotatable bonds is 6. The highest BCUT2D eigenvalue weighted by atomic mass is 31.2. The Morgan fingerprint density at radius 3 is 2.25 bits per heavy atom. The molecule has 0 fully saturated rings. The van der Waals surface area contributed by atoms with Crippen molar-refractivity contribution in [1.82, 2.24) is 4.98 Å². The summed E-state index contributed by atoms with van der Waals surface area (Å²) in [5, 5.41) is 0.558. The van der Waals surface area contributed by atoms with E-state index in [1.54, 1.807) is 26.1 Å². The predicted molar refractivity (Wildman–Crippen MR) is 80.2 cm³/mol. The molecule has 0 atom stereocenters. The summed E-state index contributed by atoms with van der Waals surface area (Å²) in [5.41, 5.74) is 1.53. The zero-order chi connectivity index (χ0) is 14.4. The molecular formula is C15H18NO3P. The van der Waals surface area contributed by atoms with Crippen LogP contribution in [0, 0.1) is 0 Å². The molecule has 4 nitrogen and oxygen atoms in total. The average Bonchev–Trinajstić information content (AvgIpc) is 2.49. The zero-order valence-corrected chi connectivity index (χ0v) is 12.5. The van der Waals surface area contributed by atoms with Crippen LogP contribution in [0.1, 0.15) is 13.8 Å². The molecule has 0 spiro atoms. The molecular weight excluding hydrogens is 273 g/mol. The first-order valence-electron chi connectivity index (χ1n) is 6.61. The van der Waals surface area contributed by atoms with E-state index in [0.29, 0.717) is 18.5 Å². The molecule has 106 valence electrons. The van der Waals surface area contributed by atoms with Crippen molar-refractivity contribution in [3.05, 3.63) is 48.7 Å². The van der Waals surface area contributed by atoms with Gasteiger partial charge < -0.3 is 9.05 Å². The molecule has 2 aromatic rings. The van der Waals surface area contributed by atoms with Gasteiger partial charge in [0.2, 0.25) is 0 Å². The third-order valence-corrected chi connectivity index (χ3v) is 4.91. The van der Waals surface area contributed by atoms with Crippen molar-refractivity contribution in [2.75, 3.05) is 13.2 Å². The first kappa shape index (κ1) is 14.9. The van der Waals surface area contributed by atoms with Crippen molar-refractivity contribution in [3.63, 3.8) is 0 Å². The van der Waals surface area contributed by atoms with Crippen LogP contribution < -0.4 is 5.30 Å². The van der Waals surface area contributed by atoms with Crippen molar-refractivity contribution >= 4 is 12.9 Å². The molecule has 0 aliphatic heterocycles. The van der Waals surface area contributed by atoms with Gasteiger partial charge >= 0.3 is 7.60 Å². The summed E-state index contributed by atoms with van der Waals surface area (Å²) < 4.78 is 23.8. The molecule has 0 saturated carbocycles. The van der Waals surface area contributed by atoms with Gasteiger partial charge in [0, 0.05) is 11.8 Å². The molecule has 0 bridgehead atoms. The Bertz CT molecular complexity index is 591. The van der Waals surface area contributed by atoms with Gasteiger partial charge in [-0.2, -0.15) is 0 Å². The highest BCUT2D eigenvalue weighted by molar-refractivity contribution is 7.62. The normalized spacial score (nSPS) is 11.5. The maximum absolute atomic E-state index is 12.9. The maximum Gasteiger partial charge on any atom is 0.361 e. The van der Waals surface area contributed by atoms with Crippen LogP contribution in [0.4, 0.5) is 0 Å². The Morgan fingerprint density at radius 1 is 1.00 bits per heavy atom. The van der Waals surface area contributed by atoms with Gasteiger partial charge in [0.05, 0.1) is 24.2 Å². The van der Waals surface area contributed by atoms with Crippen molar-refractivity contribution in [1.29, 1.82) is 0 Å². The third kappa shape index (κ3) is 3.15. The summed E-state index contributed by atoms with van der Waals surface area (Å²) in [6.45, 7) is 4.26. The lowest BCUT2D eigenvalue weighted by Crippen LogP contribution is -2.13. The van der Waals surface area contributed by atoms with Crippen LogP contribution in [-0.2, 0) is 13.6 Å². The number of hydrogen-bond donors (Lipinski definition) is 0. The Labute approximate surface area is 119 Å². The molecule has 0 aliphatic rings. The maximum atomic E-state index is 12.9. The topological polar surface area (TPSA) is 48.4 Å². The molecule has 0 N–H and O–H groups in total. The van der Waals surface area contributed by atoms with Gasteiger partial charge in [0.1, 0.15) is 0 Å². The van der Waals surface area contributed by atoms with E-state index in [1.807, 2.05) is 36.4 Å². The van der Waals surface area contributed by atoms with Gasteiger partial charge in [-0.15, -0.1) is 0 Å². The van der Waals surface area contributed by atoms with Gasteiger partial charge in [-0.05, 0) is 32.0 Å². The van der Waals surface area contributed by atoms with Crippen LogP contribution in [0.3, 0.4) is 0 Å². The molecule has 5 heteroatoms. The molecule has 0 unspecified atom stereocenters. The molecule has 1 aromatic carbocycles. The van der Waals surface area contributed by atoms with Crippen molar-refractivity contribution in [2.24, 2.45) is 0 Å². The summed E-state index contributed by atoms with van der Waals surface area (Å²) >= 11 is 0. The van der Waals surface area contributed by atoms with E-state index in [4.69, 9.17) is 9.05 Å². The van der Waals surface area contributed by atoms with E-state index in [0.717, 1.165) is 11.3 Å². The number of benzene rings is 1. The minimum Gasteiger partial charge on any atom is -0.305 e. The van der Waals surface area contributed by atoms with E-state index in [-0.39, 0.29) is 0 Å². The lowest BCUT2D eigenvalue weighted by atomic mass is 10.1. The number of nitrogens with zero attached hydrogens (tertiary/aromatic N) is 1. The average molecular weight is 291 g/mol. The highest BCUT2D eigenvalue weighted by Gasteiger charge is 2.29. The van der Waals surface area contributed by atoms with Crippen LogP contribution in [-0.4, -0.2) is 18.2 Å². The van der Waals surface area contributed by atoms with Gasteiger partial charge in [-0.3, -0.25) is 9.55 Å². The fourth-order valence-corrected chi connectivity index (χ4v) is 3.75. The lowest BCUT2D eigenvalue weighted by molar-refractivity contribution is 0.230. The lowest BCUT2D eigenvalue weighted by Gasteiger charge is -2.19. The van der Waals surface area contributed by atoms with E-state index >= 15 is 0 Å². The van der Waals surface area contributed by atoms with Crippen LogP contribution >= 0.6 is 7.60 Å². The molecule has 20 heavy (non-hydrogen) atoms. The van der Waals surface area contributed by atoms with Crippen LogP contribution in [0.25, 0.3) is 11.3 Å². The predicted octanol–water partition coefficient (Wildman–Crippen LogP) is 3.64. The van der Waals surface area contributed by atoms with Gasteiger partial charge in [0.15, 0.2) is 0 Å². The number of aromatic nitrogens is 1. The molecule has 0 aliphatic carbocycles. The summed E-state index contributed by atoms with van der Waals surface area (Å²) in [4.78, 5) is 4.31. The third-order valence-electron chi connectivity index (χ3n) is 2.74. The van der Waals surface area contributed by atoms with Crippen molar-refractivity contribution in [2.45, 2.75) is 13.8 Å². The summed E-state index contributed by atoms with van der Waals surface area (Å²) in [5.74, 6) is 0. The van der Waals surface area contributed by atoms with E-state index in [2.05, 4.69) is 4.98 Å². The fourth-order valence-electron chi connectivity index (χ4n) is 1.97. The van der Waals surface area contributed by atoms with Gasteiger partial charge in [-0.1, -0.05) is 24.3 Å². The Kier molecular flexibility index (Phi) is 5.07. The van der Waals surface area contributed by atoms with Crippen molar-refractivity contribution in [3.8, 4) is 11.3 Å². The number of hydrogen-bond acceptors (Lipinski definition) is 4. The van der Waals surface area contributed by atoms with Gasteiger partial charge in [-0.25, -0.2) is 0 Å².